The van der Waals surface area contributed by atoms with Gasteiger partial charge in [-0.05, 0) is 33.2 Å². The standard InChI is InChI=1S/C12H20N2OS.2C2HF3O2/c1-9-12(13-10(2)16-9)5-7-14-6-3-4-11(14)8-15;2*3-2(4,5)1(6)7/h11,15H,3-8H2,1-2H3;2*(H,6,7)/t11-;;/m0../s1. The summed E-state index contributed by atoms with van der Waals surface area (Å²) in [5.74, 6) is -5.51. The number of rotatable bonds is 4. The third-order valence-corrected chi connectivity index (χ3v) is 4.76. The maximum Gasteiger partial charge on any atom is 0.490 e. The number of nitrogens with zero attached hydrogens (tertiary/aromatic N) is 2. The van der Waals surface area contributed by atoms with Crippen LogP contribution in [0.15, 0.2) is 0 Å². The van der Waals surface area contributed by atoms with Gasteiger partial charge in [0.05, 0.1) is 17.3 Å². The molecule has 1 saturated heterocycles. The van der Waals surface area contributed by atoms with Crippen LogP contribution in [0.3, 0.4) is 0 Å². The SMILES string of the molecule is Cc1nc(CCN2CCC[C@H]2CO)c(C)s1.O=C(O)C(F)(F)F.O=C(O)C(F)(F)F. The average Bonchev–Trinajstić information content (AvgIpc) is 3.17. The second-order valence-corrected chi connectivity index (χ2v) is 7.51. The van der Waals surface area contributed by atoms with Gasteiger partial charge in [-0.3, -0.25) is 4.90 Å². The second-order valence-electron chi connectivity index (χ2n) is 6.11. The third-order valence-electron chi connectivity index (χ3n) is 3.83. The summed E-state index contributed by atoms with van der Waals surface area (Å²) in [7, 11) is 0. The summed E-state index contributed by atoms with van der Waals surface area (Å²) in [6.07, 6.45) is -6.78. The van der Waals surface area contributed by atoms with E-state index < -0.39 is 24.3 Å². The van der Waals surface area contributed by atoms with Gasteiger partial charge in [-0.2, -0.15) is 26.3 Å². The Morgan fingerprint density at radius 2 is 1.57 bits per heavy atom. The van der Waals surface area contributed by atoms with Crippen molar-refractivity contribution in [1.82, 2.24) is 9.88 Å². The lowest BCUT2D eigenvalue weighted by molar-refractivity contribution is -0.193. The number of carboxylic acid groups (broad SMARTS) is 2. The number of hydrogen-bond acceptors (Lipinski definition) is 6. The van der Waals surface area contributed by atoms with E-state index in [1.165, 1.54) is 17.0 Å². The molecular formula is C16H22F6N2O5S. The number of aryl methyl sites for hydroxylation is 2. The lowest BCUT2D eigenvalue weighted by atomic mass is 10.2. The Bertz CT molecular complexity index is 669. The summed E-state index contributed by atoms with van der Waals surface area (Å²) in [5.41, 5.74) is 1.24. The monoisotopic (exact) mass is 468 g/mol. The van der Waals surface area contributed by atoms with E-state index in [1.54, 1.807) is 11.3 Å². The molecule has 0 aromatic carbocycles. The Morgan fingerprint density at radius 3 is 1.90 bits per heavy atom. The van der Waals surface area contributed by atoms with Crippen molar-refractivity contribution in [2.24, 2.45) is 0 Å². The molecule has 3 N–H and O–H groups in total. The summed E-state index contributed by atoms with van der Waals surface area (Å²) < 4.78 is 63.5. The Balaban J connectivity index is 0.000000503. The first-order valence-corrected chi connectivity index (χ1v) is 9.29. The van der Waals surface area contributed by atoms with Crippen LogP contribution in [0, 0.1) is 13.8 Å². The van der Waals surface area contributed by atoms with E-state index >= 15 is 0 Å². The minimum atomic E-state index is -5.08. The summed E-state index contributed by atoms with van der Waals surface area (Å²) in [6, 6.07) is 0.389. The molecule has 0 unspecified atom stereocenters. The molecule has 1 aromatic rings. The Labute approximate surface area is 172 Å². The molecule has 0 amide bonds. The molecule has 0 bridgehead atoms. The molecule has 2 heterocycles. The van der Waals surface area contributed by atoms with Crippen LogP contribution in [0.25, 0.3) is 0 Å². The molecule has 1 aromatic heterocycles. The summed E-state index contributed by atoms with van der Waals surface area (Å²) >= 11 is 1.78. The fourth-order valence-electron chi connectivity index (χ4n) is 2.45. The molecule has 0 radical (unpaired) electrons. The van der Waals surface area contributed by atoms with Crippen LogP contribution in [0.5, 0.6) is 0 Å². The van der Waals surface area contributed by atoms with Crippen molar-refractivity contribution in [2.45, 2.75) is 51.5 Å². The zero-order chi connectivity index (χ0) is 23.7. The molecule has 1 aliphatic rings. The summed E-state index contributed by atoms with van der Waals surface area (Å²) in [5, 5.41) is 24.6. The van der Waals surface area contributed by atoms with E-state index in [9.17, 15) is 31.4 Å². The lowest BCUT2D eigenvalue weighted by Gasteiger charge is -2.22. The first-order valence-electron chi connectivity index (χ1n) is 8.47. The Morgan fingerprint density at radius 1 is 1.10 bits per heavy atom. The second kappa shape index (κ2) is 12.1. The number of hydrogen-bond donors (Lipinski definition) is 3. The highest BCUT2D eigenvalue weighted by Gasteiger charge is 2.38. The predicted octanol–water partition coefficient (Wildman–Crippen LogP) is 3.03. The molecule has 0 saturated carbocycles. The maximum absolute atomic E-state index is 10.6. The van der Waals surface area contributed by atoms with Crippen molar-refractivity contribution in [3.8, 4) is 0 Å². The largest absolute Gasteiger partial charge is 0.490 e. The van der Waals surface area contributed by atoms with Gasteiger partial charge in [0.1, 0.15) is 0 Å². The number of likely N-dealkylation sites (tertiary alicyclic amines) is 1. The molecule has 174 valence electrons. The zero-order valence-corrected chi connectivity index (χ0v) is 16.9. The van der Waals surface area contributed by atoms with E-state index in [0.29, 0.717) is 12.6 Å². The number of aromatic nitrogens is 1. The third kappa shape index (κ3) is 10.7. The smallest absolute Gasteiger partial charge is 0.475 e. The number of carboxylic acids is 2. The first kappa shape index (κ1) is 28.1. The van der Waals surface area contributed by atoms with E-state index in [0.717, 1.165) is 30.9 Å². The summed E-state index contributed by atoms with van der Waals surface area (Å²) in [6.45, 7) is 6.68. The first-order chi connectivity index (χ1) is 13.6. The minimum Gasteiger partial charge on any atom is -0.475 e. The molecule has 30 heavy (non-hydrogen) atoms. The van der Waals surface area contributed by atoms with E-state index in [4.69, 9.17) is 19.8 Å². The van der Waals surface area contributed by atoms with Crippen LogP contribution in [-0.4, -0.2) is 75.2 Å². The number of aliphatic hydroxyl groups is 1. The molecule has 0 aliphatic carbocycles. The number of aliphatic hydroxyl groups excluding tert-OH is 1. The van der Waals surface area contributed by atoms with Gasteiger partial charge in [0.15, 0.2) is 0 Å². The highest BCUT2D eigenvalue weighted by atomic mass is 32.1. The van der Waals surface area contributed by atoms with Crippen LogP contribution < -0.4 is 0 Å². The van der Waals surface area contributed by atoms with Crippen molar-refractivity contribution in [2.75, 3.05) is 19.7 Å². The highest BCUT2D eigenvalue weighted by molar-refractivity contribution is 7.11. The quantitative estimate of drug-likeness (QED) is 0.583. The van der Waals surface area contributed by atoms with Gasteiger partial charge >= 0.3 is 24.3 Å². The van der Waals surface area contributed by atoms with Crippen molar-refractivity contribution in [1.29, 1.82) is 0 Å². The molecule has 1 aliphatic heterocycles. The van der Waals surface area contributed by atoms with Crippen molar-refractivity contribution < 1.29 is 51.3 Å². The van der Waals surface area contributed by atoms with Crippen molar-refractivity contribution in [3.63, 3.8) is 0 Å². The normalized spacial score (nSPS) is 16.9. The van der Waals surface area contributed by atoms with E-state index in [-0.39, 0.29) is 0 Å². The zero-order valence-electron chi connectivity index (χ0n) is 16.0. The van der Waals surface area contributed by atoms with E-state index in [2.05, 4.69) is 23.7 Å². The van der Waals surface area contributed by atoms with Gasteiger partial charge in [-0.1, -0.05) is 0 Å². The molecular weight excluding hydrogens is 446 g/mol. The number of halogens is 6. The van der Waals surface area contributed by atoms with Crippen LogP contribution in [0.2, 0.25) is 0 Å². The molecule has 14 heteroatoms. The number of alkyl halides is 6. The van der Waals surface area contributed by atoms with Crippen LogP contribution in [0.1, 0.15) is 28.4 Å². The molecule has 2 rings (SSSR count). The van der Waals surface area contributed by atoms with Gasteiger partial charge in [0, 0.05) is 23.9 Å². The lowest BCUT2D eigenvalue weighted by Crippen LogP contribution is -2.33. The van der Waals surface area contributed by atoms with Crippen molar-refractivity contribution >= 4 is 23.3 Å². The van der Waals surface area contributed by atoms with Gasteiger partial charge in [0.25, 0.3) is 0 Å². The average molecular weight is 468 g/mol. The van der Waals surface area contributed by atoms with Gasteiger partial charge in [0.2, 0.25) is 0 Å². The number of carbonyl (C=O) groups is 2. The maximum atomic E-state index is 10.6. The van der Waals surface area contributed by atoms with Gasteiger partial charge in [-0.15, -0.1) is 11.3 Å². The molecule has 1 fully saturated rings. The molecule has 1 atom stereocenters. The number of aliphatic carboxylic acids is 2. The predicted molar refractivity (Wildman–Crippen MR) is 94.4 cm³/mol. The fraction of sp³-hybridized carbons (Fsp3) is 0.688. The molecule has 0 spiro atoms. The van der Waals surface area contributed by atoms with Crippen LogP contribution in [-0.2, 0) is 16.0 Å². The Hall–Kier alpha value is -1.93. The topological polar surface area (TPSA) is 111 Å². The van der Waals surface area contributed by atoms with Crippen molar-refractivity contribution in [3.05, 3.63) is 15.6 Å². The highest BCUT2D eigenvalue weighted by Crippen LogP contribution is 2.20. The Kier molecular flexibility index (Phi) is 11.3. The fourth-order valence-corrected chi connectivity index (χ4v) is 3.31. The van der Waals surface area contributed by atoms with Gasteiger partial charge in [-0.25, -0.2) is 14.6 Å². The van der Waals surface area contributed by atoms with Gasteiger partial charge < -0.3 is 15.3 Å². The minimum absolute atomic E-state index is 0.301. The van der Waals surface area contributed by atoms with E-state index in [1.807, 2.05) is 0 Å². The molecule has 7 nitrogen and oxygen atoms in total. The summed E-state index contributed by atoms with van der Waals surface area (Å²) in [4.78, 5) is 26.1. The van der Waals surface area contributed by atoms with Crippen LogP contribution >= 0.6 is 11.3 Å². The van der Waals surface area contributed by atoms with Crippen LogP contribution in [0.4, 0.5) is 26.3 Å². The number of thiazole rings is 1.